The Labute approximate surface area is 244 Å². The molecule has 214 valence electrons. The van der Waals surface area contributed by atoms with E-state index >= 15 is 0 Å². The van der Waals surface area contributed by atoms with E-state index in [1.165, 1.54) is 6.08 Å². The Kier molecular flexibility index (Phi) is 8.82. The Morgan fingerprint density at radius 1 is 0.810 bits per heavy atom. The third-order valence-electron chi connectivity index (χ3n) is 6.74. The molecular weight excluding hydrogens is 532 g/mol. The highest BCUT2D eigenvalue weighted by Gasteiger charge is 2.35. The number of barbiturate groups is 1. The zero-order valence-electron chi connectivity index (χ0n) is 23.6. The minimum atomic E-state index is -0.779. The Morgan fingerprint density at radius 2 is 1.62 bits per heavy atom. The first-order chi connectivity index (χ1) is 20.5. The van der Waals surface area contributed by atoms with E-state index in [1.54, 1.807) is 36.4 Å². The second-order valence-electron chi connectivity index (χ2n) is 9.77. The Hall–Kier alpha value is -5.11. The van der Waals surface area contributed by atoms with Crippen LogP contribution in [0.25, 0.3) is 16.8 Å². The van der Waals surface area contributed by atoms with Gasteiger partial charge in [0.2, 0.25) is 0 Å². The van der Waals surface area contributed by atoms with Crippen LogP contribution < -0.4 is 19.5 Å². The molecular formula is C34H32N2O6. The molecule has 4 amide bonds. The molecule has 1 saturated heterocycles. The Bertz CT molecular complexity index is 1660. The minimum Gasteiger partial charge on any atom is -0.490 e. The van der Waals surface area contributed by atoms with E-state index in [0.29, 0.717) is 48.2 Å². The lowest BCUT2D eigenvalue weighted by molar-refractivity contribution is -0.130. The van der Waals surface area contributed by atoms with Gasteiger partial charge < -0.3 is 14.2 Å². The van der Waals surface area contributed by atoms with Gasteiger partial charge in [0.15, 0.2) is 11.5 Å². The van der Waals surface area contributed by atoms with Crippen LogP contribution in [0.15, 0.2) is 90.5 Å². The summed E-state index contributed by atoms with van der Waals surface area (Å²) in [6, 6.07) is 25.8. The number of hydrogen-bond donors (Lipinski definition) is 1. The fourth-order valence-corrected chi connectivity index (χ4v) is 4.71. The van der Waals surface area contributed by atoms with Crippen LogP contribution in [0.1, 0.15) is 37.0 Å². The number of imide groups is 2. The molecule has 1 aliphatic heterocycles. The van der Waals surface area contributed by atoms with Crippen molar-refractivity contribution in [2.24, 2.45) is 0 Å². The molecule has 1 fully saturated rings. The van der Waals surface area contributed by atoms with Gasteiger partial charge in [-0.2, -0.15) is 0 Å². The molecule has 5 rings (SSSR count). The van der Waals surface area contributed by atoms with Gasteiger partial charge in [-0.25, -0.2) is 4.79 Å². The van der Waals surface area contributed by atoms with Gasteiger partial charge in [-0.05, 0) is 71.1 Å². The molecule has 0 spiro atoms. The maximum absolute atomic E-state index is 13.4. The number of rotatable bonds is 11. The summed E-state index contributed by atoms with van der Waals surface area (Å²) in [7, 11) is 0. The predicted molar refractivity (Wildman–Crippen MR) is 160 cm³/mol. The third kappa shape index (κ3) is 6.44. The van der Waals surface area contributed by atoms with Gasteiger partial charge in [-0.3, -0.25) is 19.8 Å². The van der Waals surface area contributed by atoms with E-state index < -0.39 is 17.8 Å². The molecule has 0 saturated carbocycles. The molecule has 0 radical (unpaired) electrons. The topological polar surface area (TPSA) is 94.2 Å². The molecule has 8 heteroatoms. The highest BCUT2D eigenvalue weighted by Crippen LogP contribution is 2.30. The predicted octanol–water partition coefficient (Wildman–Crippen LogP) is 6.27. The summed E-state index contributed by atoms with van der Waals surface area (Å²) in [6.07, 6.45) is 2.31. The largest absolute Gasteiger partial charge is 0.490 e. The fraction of sp³-hybridized carbons (Fsp3) is 0.206. The molecule has 1 aliphatic rings. The average molecular weight is 565 g/mol. The summed E-state index contributed by atoms with van der Waals surface area (Å²) in [5, 5.41) is 4.53. The van der Waals surface area contributed by atoms with Crippen molar-refractivity contribution in [2.45, 2.75) is 33.4 Å². The van der Waals surface area contributed by atoms with Crippen molar-refractivity contribution >= 4 is 34.7 Å². The van der Waals surface area contributed by atoms with Gasteiger partial charge in [0, 0.05) is 0 Å². The first-order valence-electron chi connectivity index (χ1n) is 13.9. The lowest BCUT2D eigenvalue weighted by Crippen LogP contribution is -2.53. The number of nitrogens with one attached hydrogen (secondary N) is 1. The van der Waals surface area contributed by atoms with Crippen LogP contribution in [0.5, 0.6) is 17.2 Å². The lowest BCUT2D eigenvalue weighted by atomic mass is 10.1. The van der Waals surface area contributed by atoms with Crippen molar-refractivity contribution in [2.75, 3.05) is 13.2 Å². The van der Waals surface area contributed by atoms with Crippen LogP contribution >= 0.6 is 0 Å². The number of amides is 4. The normalized spacial score (nSPS) is 14.3. The number of hydrogen-bond acceptors (Lipinski definition) is 6. The van der Waals surface area contributed by atoms with Crippen molar-refractivity contribution < 1.29 is 28.6 Å². The molecule has 4 aromatic rings. The van der Waals surface area contributed by atoms with Gasteiger partial charge in [-0.1, -0.05) is 67.6 Å². The highest BCUT2D eigenvalue weighted by molar-refractivity contribution is 6.31. The SMILES string of the molecule is CCCOc1ccc(CN2C(=O)NC(=O)/C(=C/c3cccc(OCc4cccc5ccccc45)c3)C2=O)cc1OCC. The molecule has 0 bridgehead atoms. The van der Waals surface area contributed by atoms with Crippen LogP contribution in [-0.4, -0.2) is 36.0 Å². The van der Waals surface area contributed by atoms with Crippen LogP contribution in [0, 0.1) is 0 Å². The summed E-state index contributed by atoms with van der Waals surface area (Å²) in [4.78, 5) is 39.8. The third-order valence-corrected chi connectivity index (χ3v) is 6.74. The summed E-state index contributed by atoms with van der Waals surface area (Å²) < 4.78 is 17.5. The summed E-state index contributed by atoms with van der Waals surface area (Å²) in [5.74, 6) is 0.273. The van der Waals surface area contributed by atoms with Gasteiger partial charge >= 0.3 is 6.03 Å². The van der Waals surface area contributed by atoms with Crippen molar-refractivity contribution in [3.63, 3.8) is 0 Å². The van der Waals surface area contributed by atoms with Crippen molar-refractivity contribution in [1.29, 1.82) is 0 Å². The molecule has 0 atom stereocenters. The molecule has 4 aromatic carbocycles. The number of carbonyl (C=O) groups excluding carboxylic acids is 3. The first kappa shape index (κ1) is 28.4. The summed E-state index contributed by atoms with van der Waals surface area (Å²) >= 11 is 0. The number of nitrogens with zero attached hydrogens (tertiary/aromatic N) is 1. The van der Waals surface area contributed by atoms with Crippen molar-refractivity contribution in [3.8, 4) is 17.2 Å². The molecule has 0 aromatic heterocycles. The van der Waals surface area contributed by atoms with Gasteiger partial charge in [0.25, 0.3) is 11.8 Å². The standard InChI is InChI=1S/C34H32N2O6/c1-3-17-41-30-16-15-24(20-31(30)40-4-2)21-36-33(38)29(32(37)35-34(36)39)19-23-9-7-13-27(18-23)42-22-26-12-8-11-25-10-5-6-14-28(25)26/h5-16,18-20H,3-4,17,21-22H2,1-2H3,(H,35,37,39)/b29-19-. The molecule has 0 unspecified atom stereocenters. The smallest absolute Gasteiger partial charge is 0.331 e. The monoisotopic (exact) mass is 564 g/mol. The Balaban J connectivity index is 1.33. The van der Waals surface area contributed by atoms with Crippen LogP contribution in [0.2, 0.25) is 0 Å². The van der Waals surface area contributed by atoms with E-state index in [0.717, 1.165) is 27.7 Å². The number of urea groups is 1. The summed E-state index contributed by atoms with van der Waals surface area (Å²) in [6.45, 7) is 5.16. The first-order valence-corrected chi connectivity index (χ1v) is 13.9. The molecule has 42 heavy (non-hydrogen) atoms. The average Bonchev–Trinajstić information content (AvgIpc) is 3.00. The molecule has 0 aliphatic carbocycles. The van der Waals surface area contributed by atoms with Crippen LogP contribution in [-0.2, 0) is 22.7 Å². The minimum absolute atomic E-state index is 0.0440. The van der Waals surface area contributed by atoms with E-state index in [2.05, 4.69) is 23.5 Å². The maximum Gasteiger partial charge on any atom is 0.331 e. The molecule has 1 heterocycles. The van der Waals surface area contributed by atoms with E-state index in [-0.39, 0.29) is 12.1 Å². The van der Waals surface area contributed by atoms with E-state index in [4.69, 9.17) is 14.2 Å². The Morgan fingerprint density at radius 3 is 2.45 bits per heavy atom. The second-order valence-corrected chi connectivity index (χ2v) is 9.77. The lowest BCUT2D eigenvalue weighted by Gasteiger charge is -2.26. The van der Waals surface area contributed by atoms with Gasteiger partial charge in [0.1, 0.15) is 17.9 Å². The number of ether oxygens (including phenoxy) is 3. The number of benzene rings is 4. The fourth-order valence-electron chi connectivity index (χ4n) is 4.71. The second kappa shape index (κ2) is 13.0. The maximum atomic E-state index is 13.4. The molecule has 8 nitrogen and oxygen atoms in total. The quantitative estimate of drug-likeness (QED) is 0.171. The number of carbonyl (C=O) groups is 3. The van der Waals surface area contributed by atoms with E-state index in [9.17, 15) is 14.4 Å². The van der Waals surface area contributed by atoms with Crippen molar-refractivity contribution in [3.05, 3.63) is 107 Å². The highest BCUT2D eigenvalue weighted by atomic mass is 16.5. The van der Waals surface area contributed by atoms with Gasteiger partial charge in [0.05, 0.1) is 19.8 Å². The number of fused-ring (bicyclic) bond motifs is 1. The molecule has 1 N–H and O–H groups in total. The zero-order chi connectivity index (χ0) is 29.5. The van der Waals surface area contributed by atoms with Crippen LogP contribution in [0.4, 0.5) is 4.79 Å². The zero-order valence-corrected chi connectivity index (χ0v) is 23.6. The van der Waals surface area contributed by atoms with E-state index in [1.807, 2.05) is 44.2 Å². The van der Waals surface area contributed by atoms with Gasteiger partial charge in [-0.15, -0.1) is 0 Å². The summed E-state index contributed by atoms with van der Waals surface area (Å²) in [5.41, 5.74) is 2.15. The van der Waals surface area contributed by atoms with Crippen LogP contribution in [0.3, 0.4) is 0 Å². The van der Waals surface area contributed by atoms with Crippen molar-refractivity contribution in [1.82, 2.24) is 10.2 Å².